The summed E-state index contributed by atoms with van der Waals surface area (Å²) in [6.45, 7) is 41.3. The predicted molar refractivity (Wildman–Crippen MR) is 309 cm³/mol. The van der Waals surface area contributed by atoms with Crippen LogP contribution in [0, 0.1) is 11.8 Å². The lowest BCUT2D eigenvalue weighted by atomic mass is 9.92. The van der Waals surface area contributed by atoms with E-state index in [0.29, 0.717) is 0 Å². The minimum atomic E-state index is 1.02. The summed E-state index contributed by atoms with van der Waals surface area (Å²) in [4.78, 5) is 2.18. The zero-order valence-electron chi connectivity index (χ0n) is 49.3. The Morgan fingerprint density at radius 3 is 0.625 bits per heavy atom. The molecule has 394 valence electrons. The lowest BCUT2D eigenvalue weighted by molar-refractivity contribution is 0.392. The molecular weight excluding hydrogens is 771 g/mol. The number of allylic oxidation sites excluding steroid dienone is 2. The number of rotatable bonds is 40. The first kappa shape index (κ1) is 77.6. The smallest absolute Gasteiger partial charge is 0.00275 e. The highest BCUT2D eigenvalue weighted by molar-refractivity contribution is 4.86. The van der Waals surface area contributed by atoms with Gasteiger partial charge in [0.2, 0.25) is 0 Å². The maximum atomic E-state index is 3.74. The summed E-state index contributed by atoms with van der Waals surface area (Å²) in [5, 5.41) is 0. The summed E-state index contributed by atoms with van der Waals surface area (Å²) in [6, 6.07) is 0. The van der Waals surface area contributed by atoms with E-state index in [1.54, 1.807) is 0 Å². The van der Waals surface area contributed by atoms with Gasteiger partial charge in [-0.1, -0.05) is 332 Å². The highest BCUT2D eigenvalue weighted by Crippen LogP contribution is 2.23. The molecule has 0 rings (SSSR count). The molecule has 0 aliphatic carbocycles. The van der Waals surface area contributed by atoms with Gasteiger partial charge < -0.3 is 4.90 Å². The van der Waals surface area contributed by atoms with E-state index in [0.717, 1.165) is 11.8 Å². The maximum Gasteiger partial charge on any atom is -0.00275 e. The molecule has 0 aliphatic rings. The van der Waals surface area contributed by atoms with Crippen LogP contribution >= 0.6 is 0 Å². The van der Waals surface area contributed by atoms with Crippen molar-refractivity contribution >= 4 is 0 Å². The van der Waals surface area contributed by atoms with E-state index in [9.17, 15) is 0 Å². The molecule has 0 heterocycles. The average molecular weight is 909 g/mol. The first-order chi connectivity index (χ1) is 31.0. The molecule has 2 unspecified atom stereocenters. The van der Waals surface area contributed by atoms with Crippen molar-refractivity contribution in [2.75, 3.05) is 20.6 Å². The van der Waals surface area contributed by atoms with Crippen molar-refractivity contribution in [1.29, 1.82) is 0 Å². The van der Waals surface area contributed by atoms with E-state index in [4.69, 9.17) is 0 Å². The second-order valence-electron chi connectivity index (χ2n) is 19.4. The zero-order chi connectivity index (χ0) is 50.2. The monoisotopic (exact) mass is 908 g/mol. The number of hydrogen-bond donors (Lipinski definition) is 0. The molecule has 0 aromatic rings. The Morgan fingerprint density at radius 2 is 0.516 bits per heavy atom. The Kier molecular flexibility index (Phi) is 96.5. The predicted octanol–water partition coefficient (Wildman–Crippen LogP) is 24.3. The molecule has 1 nitrogen and oxygen atoms in total. The standard InChI is InChI=1S/2C21H44.2C6H12.C5H13N.2C2H6/c2*1-4-7-9-11-13-14-16-18-20-21(6-3)19-17-15-12-10-8-5-2;3*1-4-5-6(2)3;2*1-2/h2*21H,4-20H2,1-3H3;2*2,4-5H2,1,3H3;4-5H2,1-3H3;2*1-2H3. The van der Waals surface area contributed by atoms with Crippen LogP contribution in [0.25, 0.3) is 0 Å². The molecule has 1 heteroatoms. The average Bonchev–Trinajstić information content (AvgIpc) is 3.28. The summed E-state index contributed by atoms with van der Waals surface area (Å²) < 4.78 is 0. The first-order valence-electron chi connectivity index (χ1n) is 29.9. The third kappa shape index (κ3) is 95.7. The minimum absolute atomic E-state index is 1.02. The summed E-state index contributed by atoms with van der Waals surface area (Å²) in [5.74, 6) is 2.05. The Balaban J connectivity index is -0.000000139. The molecule has 0 aromatic carbocycles. The van der Waals surface area contributed by atoms with Gasteiger partial charge in [0.25, 0.3) is 0 Å². The van der Waals surface area contributed by atoms with Crippen molar-refractivity contribution in [2.45, 2.75) is 354 Å². The molecule has 0 aliphatic heterocycles. The van der Waals surface area contributed by atoms with E-state index >= 15 is 0 Å². The van der Waals surface area contributed by atoms with Crippen LogP contribution in [0.1, 0.15) is 354 Å². The summed E-state index contributed by atoms with van der Waals surface area (Å²) in [7, 11) is 4.17. The summed E-state index contributed by atoms with van der Waals surface area (Å²) in [6.07, 6.45) is 55.7. The van der Waals surface area contributed by atoms with Crippen molar-refractivity contribution in [3.63, 3.8) is 0 Å². The molecule has 0 radical (unpaired) electrons. The van der Waals surface area contributed by atoms with Crippen LogP contribution < -0.4 is 0 Å². The van der Waals surface area contributed by atoms with Crippen LogP contribution in [0.2, 0.25) is 0 Å². The molecule has 0 fully saturated rings. The second-order valence-corrected chi connectivity index (χ2v) is 19.4. The van der Waals surface area contributed by atoms with Gasteiger partial charge in [-0.15, -0.1) is 13.2 Å². The highest BCUT2D eigenvalue weighted by Gasteiger charge is 2.07. The summed E-state index contributed by atoms with van der Waals surface area (Å²) in [5.41, 5.74) is 2.58. The van der Waals surface area contributed by atoms with Gasteiger partial charge in [0.1, 0.15) is 0 Å². The Bertz CT molecular complexity index is 665. The Hall–Kier alpha value is -0.560. The Morgan fingerprint density at radius 1 is 0.312 bits per heavy atom. The third-order valence-electron chi connectivity index (χ3n) is 12.0. The van der Waals surface area contributed by atoms with Gasteiger partial charge >= 0.3 is 0 Å². The number of nitrogens with zero attached hydrogens (tertiary/aromatic N) is 1. The minimum Gasteiger partial charge on any atom is -0.309 e. The lowest BCUT2D eigenvalue weighted by Crippen LogP contribution is -2.11. The molecular formula is C63H137N. The molecule has 0 saturated carbocycles. The van der Waals surface area contributed by atoms with Gasteiger partial charge in [-0.3, -0.25) is 0 Å². The van der Waals surface area contributed by atoms with Gasteiger partial charge in [-0.05, 0) is 65.6 Å². The number of hydrogen-bond acceptors (Lipinski definition) is 1. The van der Waals surface area contributed by atoms with Crippen molar-refractivity contribution in [3.8, 4) is 0 Å². The normalized spacial score (nSPS) is 11.0. The Labute approximate surface area is 414 Å². The fourth-order valence-electron chi connectivity index (χ4n) is 7.97. The zero-order valence-corrected chi connectivity index (χ0v) is 49.3. The van der Waals surface area contributed by atoms with Crippen LogP contribution in [0.3, 0.4) is 0 Å². The first-order valence-corrected chi connectivity index (χ1v) is 29.9. The topological polar surface area (TPSA) is 3.24 Å². The molecule has 0 aromatic heterocycles. The van der Waals surface area contributed by atoms with E-state index in [2.05, 4.69) is 108 Å². The highest BCUT2D eigenvalue weighted by atomic mass is 15.0. The summed E-state index contributed by atoms with van der Waals surface area (Å²) >= 11 is 0. The third-order valence-corrected chi connectivity index (χ3v) is 12.0. The van der Waals surface area contributed by atoms with E-state index in [1.807, 2.05) is 27.7 Å². The largest absolute Gasteiger partial charge is 0.309 e. The van der Waals surface area contributed by atoms with Crippen molar-refractivity contribution in [3.05, 3.63) is 24.3 Å². The molecule has 64 heavy (non-hydrogen) atoms. The van der Waals surface area contributed by atoms with Crippen molar-refractivity contribution < 1.29 is 0 Å². The van der Waals surface area contributed by atoms with E-state index in [-0.39, 0.29) is 0 Å². The van der Waals surface area contributed by atoms with Gasteiger partial charge in [0.05, 0.1) is 0 Å². The molecule has 0 saturated heterocycles. The van der Waals surface area contributed by atoms with Crippen molar-refractivity contribution in [1.82, 2.24) is 4.90 Å². The van der Waals surface area contributed by atoms with Crippen molar-refractivity contribution in [2.24, 2.45) is 11.8 Å². The molecule has 2 atom stereocenters. The lowest BCUT2D eigenvalue weighted by Gasteiger charge is -2.14. The number of unbranched alkanes of at least 4 members (excludes halogenated alkanes) is 24. The van der Waals surface area contributed by atoms with Crippen LogP contribution in [-0.4, -0.2) is 25.5 Å². The van der Waals surface area contributed by atoms with Gasteiger partial charge in [-0.2, -0.15) is 0 Å². The van der Waals surface area contributed by atoms with Gasteiger partial charge in [0.15, 0.2) is 0 Å². The van der Waals surface area contributed by atoms with Crippen LogP contribution in [0.4, 0.5) is 0 Å². The molecule has 0 N–H and O–H groups in total. The maximum absolute atomic E-state index is 3.74. The van der Waals surface area contributed by atoms with Gasteiger partial charge in [0, 0.05) is 0 Å². The van der Waals surface area contributed by atoms with E-state index in [1.165, 1.54) is 268 Å². The van der Waals surface area contributed by atoms with Crippen LogP contribution in [-0.2, 0) is 0 Å². The quantitative estimate of drug-likeness (QED) is 0.0437. The molecule has 0 bridgehead atoms. The SMILES string of the molecule is C=C(C)CCC.C=C(C)CCC.CC.CC.CCCCCCCCCCC(CC)CCCCCCCC.CCCCCCCCCCC(CC)CCCCCCCC.CCCN(C)C. The van der Waals surface area contributed by atoms with Crippen LogP contribution in [0.5, 0.6) is 0 Å². The van der Waals surface area contributed by atoms with Gasteiger partial charge in [-0.25, -0.2) is 0 Å². The fourth-order valence-corrected chi connectivity index (χ4v) is 7.97. The fraction of sp³-hybridized carbons (Fsp3) is 0.937. The van der Waals surface area contributed by atoms with Crippen LogP contribution in [0.15, 0.2) is 24.3 Å². The second kappa shape index (κ2) is 79.5. The van der Waals surface area contributed by atoms with E-state index < -0.39 is 0 Å². The molecule has 0 amide bonds. The molecule has 0 spiro atoms.